The first-order valence-electron chi connectivity index (χ1n) is 6.56. The highest BCUT2D eigenvalue weighted by Gasteiger charge is 2.32. The molecule has 0 fully saturated rings. The predicted molar refractivity (Wildman–Crippen MR) is 71.9 cm³/mol. The molecule has 0 bridgehead atoms. The van der Waals surface area contributed by atoms with Gasteiger partial charge in [-0.2, -0.15) is 13.2 Å². The van der Waals surface area contributed by atoms with E-state index < -0.39 is 11.7 Å². The maximum atomic E-state index is 12.8. The van der Waals surface area contributed by atoms with Crippen LogP contribution in [0.25, 0.3) is 0 Å². The fourth-order valence-electron chi connectivity index (χ4n) is 2.11. The zero-order valence-electron chi connectivity index (χ0n) is 11.9. The average Bonchev–Trinajstić information content (AvgIpc) is 2.27. The third-order valence-electron chi connectivity index (χ3n) is 3.01. The van der Waals surface area contributed by atoms with E-state index in [0.29, 0.717) is 5.56 Å². The number of benzene rings is 1. The lowest BCUT2D eigenvalue weighted by atomic mass is 9.82. The zero-order valence-corrected chi connectivity index (χ0v) is 11.9. The van der Waals surface area contributed by atoms with Crippen molar-refractivity contribution in [3.8, 4) is 0 Å². The van der Waals surface area contributed by atoms with Crippen molar-refractivity contribution in [2.24, 2.45) is 5.41 Å². The minimum Gasteiger partial charge on any atom is -0.309 e. The van der Waals surface area contributed by atoms with Crippen molar-refractivity contribution >= 4 is 0 Å². The SMILES string of the molecule is CCCNC(c1cccc(C(F)(F)F)c1)C(C)(C)C. The lowest BCUT2D eigenvalue weighted by Crippen LogP contribution is -2.33. The van der Waals surface area contributed by atoms with Crippen LogP contribution < -0.4 is 5.32 Å². The van der Waals surface area contributed by atoms with Crippen LogP contribution in [-0.2, 0) is 6.18 Å². The van der Waals surface area contributed by atoms with Crippen LogP contribution in [0.1, 0.15) is 51.3 Å². The highest BCUT2D eigenvalue weighted by Crippen LogP contribution is 2.36. The summed E-state index contributed by atoms with van der Waals surface area (Å²) in [6.45, 7) is 8.92. The van der Waals surface area contributed by atoms with Crippen molar-refractivity contribution in [3.05, 3.63) is 35.4 Å². The summed E-state index contributed by atoms with van der Waals surface area (Å²) in [5, 5.41) is 3.34. The predicted octanol–water partition coefficient (Wildman–Crippen LogP) is 4.79. The molecular weight excluding hydrogens is 251 g/mol. The van der Waals surface area contributed by atoms with Crippen molar-refractivity contribution in [2.75, 3.05) is 6.54 Å². The van der Waals surface area contributed by atoms with E-state index >= 15 is 0 Å². The van der Waals surface area contributed by atoms with Gasteiger partial charge in [-0.15, -0.1) is 0 Å². The van der Waals surface area contributed by atoms with Gasteiger partial charge >= 0.3 is 6.18 Å². The average molecular weight is 273 g/mol. The number of hydrogen-bond donors (Lipinski definition) is 1. The summed E-state index contributed by atoms with van der Waals surface area (Å²) < 4.78 is 38.3. The van der Waals surface area contributed by atoms with Crippen LogP contribution in [0.4, 0.5) is 13.2 Å². The van der Waals surface area contributed by atoms with Crippen molar-refractivity contribution in [3.63, 3.8) is 0 Å². The molecule has 0 aliphatic heterocycles. The molecular formula is C15H22F3N. The molecule has 0 saturated carbocycles. The van der Waals surface area contributed by atoms with Gasteiger partial charge in [0.15, 0.2) is 0 Å². The van der Waals surface area contributed by atoms with Gasteiger partial charge in [0.2, 0.25) is 0 Å². The number of hydrogen-bond acceptors (Lipinski definition) is 1. The first-order chi connectivity index (χ1) is 8.66. The fourth-order valence-corrected chi connectivity index (χ4v) is 2.11. The van der Waals surface area contributed by atoms with Crippen molar-refractivity contribution in [1.29, 1.82) is 0 Å². The fraction of sp³-hybridized carbons (Fsp3) is 0.600. The molecule has 0 aromatic heterocycles. The van der Waals surface area contributed by atoms with Crippen molar-refractivity contribution in [2.45, 2.75) is 46.3 Å². The topological polar surface area (TPSA) is 12.0 Å². The van der Waals surface area contributed by atoms with E-state index in [1.54, 1.807) is 6.07 Å². The molecule has 1 N–H and O–H groups in total. The van der Waals surface area contributed by atoms with Crippen molar-refractivity contribution in [1.82, 2.24) is 5.32 Å². The highest BCUT2D eigenvalue weighted by atomic mass is 19.4. The molecule has 4 heteroatoms. The zero-order chi connectivity index (χ0) is 14.7. The van der Waals surface area contributed by atoms with E-state index in [1.165, 1.54) is 12.1 Å². The maximum absolute atomic E-state index is 12.8. The van der Waals surface area contributed by atoms with Gasteiger partial charge in [0.1, 0.15) is 0 Å². The number of halogens is 3. The minimum absolute atomic E-state index is 0.0882. The quantitative estimate of drug-likeness (QED) is 0.831. The summed E-state index contributed by atoms with van der Waals surface area (Å²) in [5.74, 6) is 0. The first kappa shape index (κ1) is 16.0. The van der Waals surface area contributed by atoms with Gasteiger partial charge < -0.3 is 5.32 Å². The molecule has 19 heavy (non-hydrogen) atoms. The molecule has 0 heterocycles. The van der Waals surface area contributed by atoms with Gasteiger partial charge in [-0.25, -0.2) is 0 Å². The third-order valence-corrected chi connectivity index (χ3v) is 3.01. The summed E-state index contributed by atoms with van der Waals surface area (Å²) in [5.41, 5.74) is -0.0346. The number of alkyl halides is 3. The molecule has 0 spiro atoms. The first-order valence-corrected chi connectivity index (χ1v) is 6.56. The molecule has 0 radical (unpaired) electrons. The van der Waals surface area contributed by atoms with Crippen LogP contribution in [0, 0.1) is 5.41 Å². The Labute approximate surface area is 113 Å². The Kier molecular flexibility index (Phi) is 5.02. The molecule has 1 atom stereocenters. The van der Waals surface area contributed by atoms with E-state index in [-0.39, 0.29) is 11.5 Å². The second-order valence-corrected chi connectivity index (χ2v) is 5.88. The lowest BCUT2D eigenvalue weighted by Gasteiger charge is -2.32. The van der Waals surface area contributed by atoms with E-state index in [4.69, 9.17) is 0 Å². The van der Waals surface area contributed by atoms with Gasteiger partial charge in [0.05, 0.1) is 5.56 Å². The number of nitrogens with one attached hydrogen (secondary N) is 1. The summed E-state index contributed by atoms with van der Waals surface area (Å²) in [4.78, 5) is 0. The van der Waals surface area contributed by atoms with Crippen LogP contribution in [-0.4, -0.2) is 6.54 Å². The van der Waals surface area contributed by atoms with Crippen molar-refractivity contribution < 1.29 is 13.2 Å². The van der Waals surface area contributed by atoms with Crippen LogP contribution in [0.2, 0.25) is 0 Å². The van der Waals surface area contributed by atoms with Gasteiger partial charge in [-0.05, 0) is 36.1 Å². The Hall–Kier alpha value is -1.03. The smallest absolute Gasteiger partial charge is 0.309 e. The summed E-state index contributed by atoms with van der Waals surface area (Å²) in [6, 6.07) is 5.51. The molecule has 0 aliphatic carbocycles. The van der Waals surface area contributed by atoms with E-state index in [0.717, 1.165) is 19.0 Å². The Morgan fingerprint density at radius 3 is 2.26 bits per heavy atom. The molecule has 108 valence electrons. The second-order valence-electron chi connectivity index (χ2n) is 5.88. The van der Waals surface area contributed by atoms with Gasteiger partial charge in [0.25, 0.3) is 0 Å². The molecule has 0 aliphatic rings. The summed E-state index contributed by atoms with van der Waals surface area (Å²) >= 11 is 0. The summed E-state index contributed by atoms with van der Waals surface area (Å²) in [7, 11) is 0. The summed E-state index contributed by atoms with van der Waals surface area (Å²) in [6.07, 6.45) is -3.34. The van der Waals surface area contributed by atoms with Crippen LogP contribution in [0.15, 0.2) is 24.3 Å². The number of rotatable bonds is 4. The Balaban J connectivity index is 3.09. The Bertz CT molecular complexity index is 405. The Morgan fingerprint density at radius 1 is 1.16 bits per heavy atom. The highest BCUT2D eigenvalue weighted by molar-refractivity contribution is 5.29. The molecule has 1 unspecified atom stereocenters. The molecule has 1 nitrogen and oxygen atoms in total. The Morgan fingerprint density at radius 2 is 1.79 bits per heavy atom. The lowest BCUT2D eigenvalue weighted by molar-refractivity contribution is -0.137. The molecule has 0 amide bonds. The molecule has 1 rings (SSSR count). The third kappa shape index (κ3) is 4.53. The van der Waals surface area contributed by atoms with Crippen LogP contribution >= 0.6 is 0 Å². The van der Waals surface area contributed by atoms with Crippen LogP contribution in [0.3, 0.4) is 0 Å². The maximum Gasteiger partial charge on any atom is 0.416 e. The minimum atomic E-state index is -4.29. The largest absolute Gasteiger partial charge is 0.416 e. The van der Waals surface area contributed by atoms with E-state index in [1.807, 2.05) is 27.7 Å². The van der Waals surface area contributed by atoms with Gasteiger partial charge in [-0.3, -0.25) is 0 Å². The molecule has 0 saturated heterocycles. The monoisotopic (exact) mass is 273 g/mol. The van der Waals surface area contributed by atoms with E-state index in [9.17, 15) is 13.2 Å². The molecule has 1 aromatic carbocycles. The van der Waals surface area contributed by atoms with Gasteiger partial charge in [-0.1, -0.05) is 39.8 Å². The standard InChI is InChI=1S/C15H22F3N/c1-5-9-19-13(14(2,3)4)11-7-6-8-12(10-11)15(16,17)18/h6-8,10,13,19H,5,9H2,1-4H3. The normalized spacial score (nSPS) is 14.5. The van der Waals surface area contributed by atoms with Gasteiger partial charge in [0, 0.05) is 6.04 Å². The second kappa shape index (κ2) is 5.95. The molecule has 1 aromatic rings. The van der Waals surface area contributed by atoms with E-state index in [2.05, 4.69) is 5.32 Å². The van der Waals surface area contributed by atoms with Crippen LogP contribution in [0.5, 0.6) is 0 Å².